The van der Waals surface area contributed by atoms with Crippen molar-refractivity contribution < 1.29 is 4.79 Å². The highest BCUT2D eigenvalue weighted by atomic mass is 35.5. The highest BCUT2D eigenvalue weighted by Crippen LogP contribution is 2.10. The van der Waals surface area contributed by atoms with Crippen LogP contribution in [0.1, 0.15) is 12.5 Å². The Morgan fingerprint density at radius 3 is 2.53 bits per heavy atom. The summed E-state index contributed by atoms with van der Waals surface area (Å²) < 4.78 is 0. The number of likely N-dealkylation sites (N-methyl/N-ethyl adjacent to an activating group) is 1. The number of hydrogen-bond donors (Lipinski definition) is 0. The van der Waals surface area contributed by atoms with Gasteiger partial charge in [0.05, 0.1) is 0 Å². The summed E-state index contributed by atoms with van der Waals surface area (Å²) in [4.78, 5) is 12.6. The van der Waals surface area contributed by atoms with E-state index in [2.05, 4.69) is 0 Å². The van der Waals surface area contributed by atoms with Gasteiger partial charge in [-0.3, -0.25) is 4.79 Å². The summed E-state index contributed by atoms with van der Waals surface area (Å²) in [5.41, 5.74) is 1.08. The first-order chi connectivity index (χ1) is 7.09. The summed E-state index contributed by atoms with van der Waals surface area (Å²) in [6.07, 6.45) is 3.92. The molecule has 0 heterocycles. The van der Waals surface area contributed by atoms with Crippen LogP contribution in [0.5, 0.6) is 0 Å². The smallest absolute Gasteiger partial charge is 0.219 e. The molecule has 0 aromatic heterocycles. The lowest BCUT2D eigenvalue weighted by atomic mass is 10.2. The van der Waals surface area contributed by atoms with E-state index in [0.717, 1.165) is 10.6 Å². The summed E-state index contributed by atoms with van der Waals surface area (Å²) >= 11 is 5.76. The van der Waals surface area contributed by atoms with Crippen molar-refractivity contribution in [3.05, 3.63) is 40.9 Å². The highest BCUT2D eigenvalue weighted by molar-refractivity contribution is 6.30. The number of hydrogen-bond acceptors (Lipinski definition) is 1. The van der Waals surface area contributed by atoms with Crippen LogP contribution in [0.3, 0.4) is 0 Å². The summed E-state index contributed by atoms with van der Waals surface area (Å²) in [5.74, 6) is 0.0655. The molecule has 0 saturated heterocycles. The molecule has 1 aromatic rings. The number of benzene rings is 1. The average Bonchev–Trinajstić information content (AvgIpc) is 2.20. The molecule has 0 radical (unpaired) electrons. The predicted octanol–water partition coefficient (Wildman–Crippen LogP) is 2.83. The second kappa shape index (κ2) is 5.56. The Balaban J connectivity index is 2.51. The molecule has 0 fully saturated rings. The average molecular weight is 224 g/mol. The van der Waals surface area contributed by atoms with Gasteiger partial charge < -0.3 is 4.90 Å². The molecule has 0 unspecified atom stereocenters. The van der Waals surface area contributed by atoms with Gasteiger partial charge in [0.1, 0.15) is 0 Å². The first kappa shape index (κ1) is 11.8. The van der Waals surface area contributed by atoms with Gasteiger partial charge in [-0.25, -0.2) is 0 Å². The van der Waals surface area contributed by atoms with Crippen LogP contribution in [0, 0.1) is 0 Å². The van der Waals surface area contributed by atoms with E-state index in [1.165, 1.54) is 0 Å². The normalized spacial score (nSPS) is 10.6. The maximum atomic E-state index is 10.9. The lowest BCUT2D eigenvalue weighted by molar-refractivity contribution is -0.127. The molecule has 80 valence electrons. The van der Waals surface area contributed by atoms with E-state index in [4.69, 9.17) is 11.6 Å². The van der Waals surface area contributed by atoms with Crippen LogP contribution < -0.4 is 0 Å². The lowest BCUT2D eigenvalue weighted by Gasteiger charge is -2.10. The molecule has 0 aliphatic rings. The van der Waals surface area contributed by atoms with Crippen LogP contribution in [-0.2, 0) is 4.79 Å². The van der Waals surface area contributed by atoms with E-state index >= 15 is 0 Å². The summed E-state index contributed by atoms with van der Waals surface area (Å²) in [6.45, 7) is 2.17. The van der Waals surface area contributed by atoms with Gasteiger partial charge in [-0.15, -0.1) is 0 Å². The van der Waals surface area contributed by atoms with E-state index in [9.17, 15) is 4.79 Å². The molecule has 15 heavy (non-hydrogen) atoms. The van der Waals surface area contributed by atoms with Gasteiger partial charge >= 0.3 is 0 Å². The molecule has 1 aromatic carbocycles. The van der Waals surface area contributed by atoms with E-state index in [1.807, 2.05) is 36.4 Å². The first-order valence-corrected chi connectivity index (χ1v) is 5.11. The monoisotopic (exact) mass is 223 g/mol. The van der Waals surface area contributed by atoms with Crippen LogP contribution in [0.2, 0.25) is 5.02 Å². The molecule has 0 aliphatic carbocycles. The Morgan fingerprint density at radius 1 is 1.40 bits per heavy atom. The standard InChI is InChI=1S/C12H14ClNO/c1-10(15)14(2)9-3-4-11-5-7-12(13)8-6-11/h3-8H,9H2,1-2H3/b4-3+. The molecular formula is C12H14ClNO. The van der Waals surface area contributed by atoms with Gasteiger partial charge in [0, 0.05) is 25.5 Å². The van der Waals surface area contributed by atoms with E-state index < -0.39 is 0 Å². The van der Waals surface area contributed by atoms with Crippen molar-refractivity contribution in [3.63, 3.8) is 0 Å². The zero-order valence-corrected chi connectivity index (χ0v) is 9.66. The quantitative estimate of drug-likeness (QED) is 0.772. The van der Waals surface area contributed by atoms with Gasteiger partial charge in [-0.05, 0) is 17.7 Å². The molecule has 1 rings (SSSR count). The number of carbonyl (C=O) groups is 1. The van der Waals surface area contributed by atoms with E-state index in [-0.39, 0.29) is 5.91 Å². The van der Waals surface area contributed by atoms with E-state index in [0.29, 0.717) is 6.54 Å². The molecule has 3 heteroatoms. The molecule has 0 aliphatic heterocycles. The van der Waals surface area contributed by atoms with Crippen LogP contribution in [-0.4, -0.2) is 24.4 Å². The molecule has 0 bridgehead atoms. The van der Waals surface area contributed by atoms with Crippen LogP contribution >= 0.6 is 11.6 Å². The minimum absolute atomic E-state index is 0.0655. The van der Waals surface area contributed by atoms with Gasteiger partial charge in [0.15, 0.2) is 0 Å². The molecule has 0 N–H and O–H groups in total. The van der Waals surface area contributed by atoms with Gasteiger partial charge in [-0.1, -0.05) is 35.9 Å². The van der Waals surface area contributed by atoms with Gasteiger partial charge in [0.2, 0.25) is 5.91 Å². The van der Waals surface area contributed by atoms with Crippen LogP contribution in [0.25, 0.3) is 6.08 Å². The fourth-order valence-electron chi connectivity index (χ4n) is 1.05. The van der Waals surface area contributed by atoms with Gasteiger partial charge in [-0.2, -0.15) is 0 Å². The lowest BCUT2D eigenvalue weighted by Crippen LogP contribution is -2.23. The second-order valence-corrected chi connectivity index (χ2v) is 3.79. The maximum absolute atomic E-state index is 10.9. The first-order valence-electron chi connectivity index (χ1n) is 4.73. The third kappa shape index (κ3) is 4.17. The Labute approximate surface area is 95.2 Å². The van der Waals surface area contributed by atoms with Crippen molar-refractivity contribution in [1.29, 1.82) is 0 Å². The molecule has 0 spiro atoms. The van der Waals surface area contributed by atoms with Crippen molar-refractivity contribution in [2.75, 3.05) is 13.6 Å². The fourth-order valence-corrected chi connectivity index (χ4v) is 1.18. The summed E-state index contributed by atoms with van der Waals surface area (Å²) in [5, 5.41) is 0.730. The number of carbonyl (C=O) groups excluding carboxylic acids is 1. The second-order valence-electron chi connectivity index (χ2n) is 3.35. The molecule has 2 nitrogen and oxygen atoms in total. The zero-order chi connectivity index (χ0) is 11.3. The zero-order valence-electron chi connectivity index (χ0n) is 8.90. The minimum Gasteiger partial charge on any atom is -0.342 e. The third-order valence-corrected chi connectivity index (χ3v) is 2.35. The number of amides is 1. The van der Waals surface area contributed by atoms with Gasteiger partial charge in [0.25, 0.3) is 0 Å². The van der Waals surface area contributed by atoms with Crippen molar-refractivity contribution in [2.24, 2.45) is 0 Å². The Kier molecular flexibility index (Phi) is 4.37. The molecule has 0 atom stereocenters. The van der Waals surface area contributed by atoms with Crippen molar-refractivity contribution in [1.82, 2.24) is 4.90 Å². The molecule has 1 amide bonds. The van der Waals surface area contributed by atoms with Crippen molar-refractivity contribution >= 4 is 23.6 Å². The van der Waals surface area contributed by atoms with E-state index in [1.54, 1.807) is 18.9 Å². The topological polar surface area (TPSA) is 20.3 Å². The summed E-state index contributed by atoms with van der Waals surface area (Å²) in [7, 11) is 1.77. The Bertz CT molecular complexity index is 356. The maximum Gasteiger partial charge on any atom is 0.219 e. The Hall–Kier alpha value is -1.28. The molecule has 0 saturated carbocycles. The van der Waals surface area contributed by atoms with Crippen molar-refractivity contribution in [3.8, 4) is 0 Å². The predicted molar refractivity (Wildman–Crippen MR) is 63.8 cm³/mol. The highest BCUT2D eigenvalue weighted by Gasteiger charge is 1.97. The molecular weight excluding hydrogens is 210 g/mol. The Morgan fingerprint density at radius 2 is 2.00 bits per heavy atom. The third-order valence-electron chi connectivity index (χ3n) is 2.10. The summed E-state index contributed by atoms with van der Waals surface area (Å²) in [6, 6.07) is 7.56. The fraction of sp³-hybridized carbons (Fsp3) is 0.250. The number of halogens is 1. The van der Waals surface area contributed by atoms with Crippen molar-refractivity contribution in [2.45, 2.75) is 6.92 Å². The van der Waals surface area contributed by atoms with Crippen LogP contribution in [0.4, 0.5) is 0 Å². The van der Waals surface area contributed by atoms with Crippen LogP contribution in [0.15, 0.2) is 30.3 Å². The number of nitrogens with zero attached hydrogens (tertiary/aromatic N) is 1. The largest absolute Gasteiger partial charge is 0.342 e. The number of rotatable bonds is 3. The minimum atomic E-state index is 0.0655. The SMILES string of the molecule is CC(=O)N(C)C/C=C/c1ccc(Cl)cc1.